The number of esters is 1. The maximum atomic E-state index is 11.8. The Morgan fingerprint density at radius 1 is 1.48 bits per heavy atom. The Kier molecular flexibility index (Phi) is 5.16. The molecule has 1 atom stereocenters. The maximum absolute atomic E-state index is 11.8. The molecule has 0 aliphatic carbocycles. The van der Waals surface area contributed by atoms with Crippen molar-refractivity contribution in [2.45, 2.75) is 26.3 Å². The van der Waals surface area contributed by atoms with Gasteiger partial charge in [0, 0.05) is 11.6 Å². The molecule has 0 bridgehead atoms. The van der Waals surface area contributed by atoms with Crippen molar-refractivity contribution in [2.75, 3.05) is 17.7 Å². The van der Waals surface area contributed by atoms with E-state index in [9.17, 15) is 4.79 Å². The van der Waals surface area contributed by atoms with Crippen LogP contribution in [0.15, 0.2) is 29.8 Å². The lowest BCUT2D eigenvalue weighted by molar-refractivity contribution is 0.0526. The number of nitrogens with zero attached hydrogens (tertiary/aromatic N) is 1. The van der Waals surface area contributed by atoms with E-state index in [1.54, 1.807) is 42.7 Å². The molecule has 0 saturated carbocycles. The number of anilines is 2. The minimum absolute atomic E-state index is 0.0738. The zero-order chi connectivity index (χ0) is 15.2. The van der Waals surface area contributed by atoms with Crippen LogP contribution in [0.3, 0.4) is 0 Å². The van der Waals surface area contributed by atoms with Crippen LogP contribution in [-0.4, -0.2) is 17.6 Å². The molecule has 6 heteroatoms. The number of nitrogen functional groups attached to an aromatic ring is 1. The first kappa shape index (κ1) is 15.3. The van der Waals surface area contributed by atoms with Crippen LogP contribution in [-0.2, 0) is 4.74 Å². The molecule has 3 N–H and O–H groups in total. The molecule has 0 saturated heterocycles. The minimum Gasteiger partial charge on any atom is -0.462 e. The van der Waals surface area contributed by atoms with Crippen molar-refractivity contribution < 1.29 is 9.53 Å². The summed E-state index contributed by atoms with van der Waals surface area (Å²) in [6.07, 6.45) is 2.65. The van der Waals surface area contributed by atoms with Gasteiger partial charge >= 0.3 is 5.97 Å². The van der Waals surface area contributed by atoms with Crippen LogP contribution in [0, 0.1) is 0 Å². The lowest BCUT2D eigenvalue weighted by Gasteiger charge is -2.18. The van der Waals surface area contributed by atoms with Crippen LogP contribution in [0.25, 0.3) is 0 Å². The zero-order valence-electron chi connectivity index (χ0n) is 12.1. The molecule has 2 rings (SSSR count). The third kappa shape index (κ3) is 3.72. The number of nitrogens with two attached hydrogens (primary N) is 1. The summed E-state index contributed by atoms with van der Waals surface area (Å²) in [6.45, 7) is 4.21. The molecule has 1 aromatic carbocycles. The van der Waals surface area contributed by atoms with Gasteiger partial charge in [-0.05, 0) is 31.5 Å². The number of aromatic nitrogens is 1. The molecule has 0 spiro atoms. The van der Waals surface area contributed by atoms with Crippen LogP contribution in [0.2, 0.25) is 0 Å². The fourth-order valence-corrected chi connectivity index (χ4v) is 2.73. The highest BCUT2D eigenvalue weighted by atomic mass is 32.1. The Morgan fingerprint density at radius 3 is 2.90 bits per heavy atom. The number of rotatable bonds is 6. The summed E-state index contributed by atoms with van der Waals surface area (Å²) in [7, 11) is 0. The van der Waals surface area contributed by atoms with Gasteiger partial charge in [-0.25, -0.2) is 9.78 Å². The molecule has 2 aromatic rings. The smallest absolute Gasteiger partial charge is 0.338 e. The van der Waals surface area contributed by atoms with Gasteiger partial charge in [-0.15, -0.1) is 11.3 Å². The highest BCUT2D eigenvalue weighted by Crippen LogP contribution is 2.28. The van der Waals surface area contributed by atoms with Crippen molar-refractivity contribution >= 4 is 28.7 Å². The predicted molar refractivity (Wildman–Crippen MR) is 85.6 cm³/mol. The Balaban J connectivity index is 2.22. The van der Waals surface area contributed by atoms with Crippen LogP contribution in [0.4, 0.5) is 11.4 Å². The number of hydrogen-bond donors (Lipinski definition) is 2. The van der Waals surface area contributed by atoms with Crippen LogP contribution in [0.5, 0.6) is 0 Å². The number of ether oxygens (including phenoxy) is 1. The highest BCUT2D eigenvalue weighted by Gasteiger charge is 2.15. The number of benzene rings is 1. The number of carbonyl (C=O) groups is 1. The second kappa shape index (κ2) is 7.08. The van der Waals surface area contributed by atoms with Crippen molar-refractivity contribution in [1.82, 2.24) is 4.98 Å². The van der Waals surface area contributed by atoms with Gasteiger partial charge in [-0.3, -0.25) is 0 Å². The summed E-state index contributed by atoms with van der Waals surface area (Å²) < 4.78 is 5.01. The molecule has 1 aromatic heterocycles. The Labute approximate surface area is 128 Å². The number of carbonyl (C=O) groups excluding carboxylic acids is 1. The molecule has 5 nitrogen and oxygen atoms in total. The van der Waals surface area contributed by atoms with Gasteiger partial charge in [0.15, 0.2) is 0 Å². The Bertz CT molecular complexity index is 599. The zero-order valence-corrected chi connectivity index (χ0v) is 12.9. The van der Waals surface area contributed by atoms with E-state index in [1.165, 1.54) is 0 Å². The Morgan fingerprint density at radius 2 is 2.29 bits per heavy atom. The van der Waals surface area contributed by atoms with Gasteiger partial charge in [0.25, 0.3) is 0 Å². The molecule has 0 aliphatic rings. The first-order chi connectivity index (χ1) is 10.2. The van der Waals surface area contributed by atoms with E-state index >= 15 is 0 Å². The largest absolute Gasteiger partial charge is 0.462 e. The average Bonchev–Trinajstić information content (AvgIpc) is 3.00. The third-order valence-electron chi connectivity index (χ3n) is 3.05. The molecule has 112 valence electrons. The molecule has 1 unspecified atom stereocenters. The molecular weight excluding hydrogens is 286 g/mol. The fraction of sp³-hybridized carbons (Fsp3) is 0.333. The summed E-state index contributed by atoms with van der Waals surface area (Å²) in [5.41, 5.74) is 7.80. The monoisotopic (exact) mass is 305 g/mol. The van der Waals surface area contributed by atoms with E-state index in [0.29, 0.717) is 17.9 Å². The lowest BCUT2D eigenvalue weighted by atomic mass is 10.1. The molecule has 1 heterocycles. The second-order valence-corrected chi connectivity index (χ2v) is 5.42. The fourth-order valence-electron chi connectivity index (χ4n) is 1.96. The van der Waals surface area contributed by atoms with Crippen LogP contribution >= 0.6 is 11.3 Å². The predicted octanol–water partition coefficient (Wildman–Crippen LogP) is 3.47. The van der Waals surface area contributed by atoms with Crippen molar-refractivity contribution in [2.24, 2.45) is 0 Å². The number of nitrogens with one attached hydrogen (secondary N) is 1. The quantitative estimate of drug-likeness (QED) is 0.631. The standard InChI is InChI=1S/C15H19N3O2S/c1-3-12(14-17-7-8-21-14)18-13-9-10(5-6-11(13)16)15(19)20-4-2/h5-9,12,18H,3-4,16H2,1-2H3. The molecule has 0 amide bonds. The molecule has 0 radical (unpaired) electrons. The normalized spacial score (nSPS) is 11.9. The van der Waals surface area contributed by atoms with Gasteiger partial charge < -0.3 is 15.8 Å². The van der Waals surface area contributed by atoms with E-state index in [-0.39, 0.29) is 12.0 Å². The van der Waals surface area contributed by atoms with E-state index in [2.05, 4.69) is 17.2 Å². The SMILES string of the molecule is CCOC(=O)c1ccc(N)c(NC(CC)c2nccs2)c1. The van der Waals surface area contributed by atoms with Crippen LogP contribution in [0.1, 0.15) is 41.7 Å². The van der Waals surface area contributed by atoms with E-state index in [1.807, 2.05) is 5.38 Å². The van der Waals surface area contributed by atoms with Crippen molar-refractivity contribution in [1.29, 1.82) is 0 Å². The van der Waals surface area contributed by atoms with Gasteiger partial charge in [-0.2, -0.15) is 0 Å². The maximum Gasteiger partial charge on any atom is 0.338 e. The third-order valence-corrected chi connectivity index (χ3v) is 3.94. The van der Waals surface area contributed by atoms with Crippen molar-refractivity contribution in [3.05, 3.63) is 40.3 Å². The van der Waals surface area contributed by atoms with Gasteiger partial charge in [-0.1, -0.05) is 6.92 Å². The van der Waals surface area contributed by atoms with Crippen LogP contribution < -0.4 is 11.1 Å². The molecule has 0 aliphatic heterocycles. The first-order valence-corrected chi connectivity index (χ1v) is 7.76. The van der Waals surface area contributed by atoms with E-state index in [0.717, 1.165) is 17.1 Å². The van der Waals surface area contributed by atoms with Gasteiger partial charge in [0.2, 0.25) is 0 Å². The molecular formula is C15H19N3O2S. The summed E-state index contributed by atoms with van der Waals surface area (Å²) in [5.74, 6) is -0.345. The van der Waals surface area contributed by atoms with E-state index in [4.69, 9.17) is 10.5 Å². The average molecular weight is 305 g/mol. The lowest BCUT2D eigenvalue weighted by Crippen LogP contribution is -2.12. The summed E-state index contributed by atoms with van der Waals surface area (Å²) in [6, 6.07) is 5.18. The number of hydrogen-bond acceptors (Lipinski definition) is 6. The van der Waals surface area contributed by atoms with E-state index < -0.39 is 0 Å². The van der Waals surface area contributed by atoms with Crippen molar-refractivity contribution in [3.63, 3.8) is 0 Å². The second-order valence-electron chi connectivity index (χ2n) is 4.50. The molecule has 0 fully saturated rings. The minimum atomic E-state index is -0.345. The van der Waals surface area contributed by atoms with Gasteiger partial charge in [0.1, 0.15) is 5.01 Å². The Hall–Kier alpha value is -2.08. The summed E-state index contributed by atoms with van der Waals surface area (Å²) in [5, 5.41) is 6.29. The highest BCUT2D eigenvalue weighted by molar-refractivity contribution is 7.09. The topological polar surface area (TPSA) is 77.2 Å². The summed E-state index contributed by atoms with van der Waals surface area (Å²) >= 11 is 1.59. The number of thiazole rings is 1. The first-order valence-electron chi connectivity index (χ1n) is 6.88. The van der Waals surface area contributed by atoms with Crippen molar-refractivity contribution in [3.8, 4) is 0 Å². The molecule has 21 heavy (non-hydrogen) atoms. The van der Waals surface area contributed by atoms with Gasteiger partial charge in [0.05, 0.1) is 29.6 Å². The summed E-state index contributed by atoms with van der Waals surface area (Å²) in [4.78, 5) is 16.1.